The van der Waals surface area contributed by atoms with Crippen LogP contribution in [0.3, 0.4) is 0 Å². The lowest BCUT2D eigenvalue weighted by atomic mass is 10.0. The van der Waals surface area contributed by atoms with Gasteiger partial charge in [0.2, 0.25) is 5.88 Å². The number of sulfonamides is 1. The molecule has 1 aliphatic carbocycles. The van der Waals surface area contributed by atoms with Crippen LogP contribution in [-0.2, 0) is 10.0 Å². The van der Waals surface area contributed by atoms with E-state index in [-0.39, 0.29) is 47.7 Å². The third-order valence-corrected chi connectivity index (χ3v) is 12.2. The highest BCUT2D eigenvalue weighted by Crippen LogP contribution is 2.59. The van der Waals surface area contributed by atoms with Gasteiger partial charge in [-0.25, -0.2) is 32.8 Å². The lowest BCUT2D eigenvalue weighted by molar-refractivity contribution is -0.190. The maximum Gasteiger partial charge on any atom is 0.394 e. The zero-order valence-corrected chi connectivity index (χ0v) is 27.0. The molecule has 0 bridgehead atoms. The molecule has 0 spiro atoms. The lowest BCUT2D eigenvalue weighted by Gasteiger charge is -2.34. The lowest BCUT2D eigenvalue weighted by Crippen LogP contribution is -2.41. The van der Waals surface area contributed by atoms with Crippen LogP contribution in [0.25, 0.3) is 5.82 Å². The molecule has 1 aromatic carbocycles. The first-order chi connectivity index (χ1) is 20.4. The summed E-state index contributed by atoms with van der Waals surface area (Å²) in [6.45, 7) is 4.65. The highest BCUT2D eigenvalue weighted by molar-refractivity contribution is 8.32. The molecule has 2 aliphatic rings. The SMILES string of the molecule is CC1(C)C[C@@H](S(C)(C)C)CN1c1nc(-n2ccc(OCCC3(C(F)(F)F)CC3)n2)ccc1C(=O)NS(=O)(=O)c1ccccc1. The maximum absolute atomic E-state index is 13.6. The van der Waals surface area contributed by atoms with Gasteiger partial charge in [0, 0.05) is 29.6 Å². The predicted octanol–water partition coefficient (Wildman–Crippen LogP) is 5.55. The molecule has 5 rings (SSSR count). The minimum absolute atomic E-state index is 0.0377. The Morgan fingerprint density at radius 3 is 2.34 bits per heavy atom. The number of nitrogens with zero attached hydrogens (tertiary/aromatic N) is 4. The van der Waals surface area contributed by atoms with Gasteiger partial charge in [0.1, 0.15) is 5.82 Å². The van der Waals surface area contributed by atoms with Crippen molar-refractivity contribution in [3.05, 3.63) is 60.3 Å². The Morgan fingerprint density at radius 2 is 1.75 bits per heavy atom. The molecule has 240 valence electrons. The van der Waals surface area contributed by atoms with E-state index in [1.807, 2.05) is 0 Å². The number of nitrogens with one attached hydrogen (secondary N) is 1. The smallest absolute Gasteiger partial charge is 0.394 e. The molecule has 44 heavy (non-hydrogen) atoms. The Balaban J connectivity index is 1.44. The van der Waals surface area contributed by atoms with Crippen molar-refractivity contribution in [3.8, 4) is 11.7 Å². The van der Waals surface area contributed by atoms with Crippen LogP contribution >= 0.6 is 10.0 Å². The van der Waals surface area contributed by atoms with Crippen LogP contribution in [0.5, 0.6) is 5.88 Å². The second kappa shape index (κ2) is 11.3. The monoisotopic (exact) mass is 653 g/mol. The predicted molar refractivity (Wildman–Crippen MR) is 165 cm³/mol. The van der Waals surface area contributed by atoms with Gasteiger partial charge in [-0.05, 0) is 82.6 Å². The first-order valence-corrected chi connectivity index (χ1v) is 18.7. The summed E-state index contributed by atoms with van der Waals surface area (Å²) in [6, 6.07) is 12.2. The Labute approximate surface area is 257 Å². The summed E-state index contributed by atoms with van der Waals surface area (Å²) in [7, 11) is -5.11. The van der Waals surface area contributed by atoms with E-state index in [4.69, 9.17) is 9.72 Å². The molecule has 14 heteroatoms. The van der Waals surface area contributed by atoms with E-state index >= 15 is 0 Å². The van der Waals surface area contributed by atoms with E-state index in [9.17, 15) is 26.4 Å². The Bertz CT molecular complexity index is 1630. The first kappa shape index (κ1) is 32.1. The summed E-state index contributed by atoms with van der Waals surface area (Å²) in [4.78, 5) is 20.4. The second-order valence-corrected chi connectivity index (χ2v) is 19.2. The van der Waals surface area contributed by atoms with Gasteiger partial charge in [-0.15, -0.1) is 5.10 Å². The zero-order chi connectivity index (χ0) is 32.1. The fourth-order valence-electron chi connectivity index (χ4n) is 5.50. The number of benzene rings is 1. The zero-order valence-electron chi connectivity index (χ0n) is 25.4. The molecule has 2 aromatic heterocycles. The number of aromatic nitrogens is 3. The molecule has 1 aliphatic heterocycles. The van der Waals surface area contributed by atoms with Crippen LogP contribution in [0.2, 0.25) is 0 Å². The van der Waals surface area contributed by atoms with Gasteiger partial charge in [0.25, 0.3) is 15.9 Å². The van der Waals surface area contributed by atoms with Crippen LogP contribution in [0.1, 0.15) is 49.9 Å². The van der Waals surface area contributed by atoms with E-state index < -0.39 is 37.5 Å². The highest BCUT2D eigenvalue weighted by Gasteiger charge is 2.62. The molecule has 0 radical (unpaired) electrons. The van der Waals surface area contributed by atoms with Crippen molar-refractivity contribution in [1.29, 1.82) is 0 Å². The van der Waals surface area contributed by atoms with Crippen LogP contribution in [0.4, 0.5) is 19.0 Å². The molecular weight excluding hydrogens is 615 g/mol. The van der Waals surface area contributed by atoms with Gasteiger partial charge in [-0.2, -0.15) is 13.2 Å². The van der Waals surface area contributed by atoms with Crippen LogP contribution < -0.4 is 14.4 Å². The average Bonchev–Trinajstić information content (AvgIpc) is 3.46. The first-order valence-electron chi connectivity index (χ1n) is 14.3. The summed E-state index contributed by atoms with van der Waals surface area (Å²) < 4.78 is 75.0. The number of hydrogen-bond acceptors (Lipinski definition) is 7. The van der Waals surface area contributed by atoms with Gasteiger partial charge >= 0.3 is 6.18 Å². The summed E-state index contributed by atoms with van der Waals surface area (Å²) >= 11 is 0. The number of pyridine rings is 1. The van der Waals surface area contributed by atoms with E-state index in [1.54, 1.807) is 36.5 Å². The fraction of sp³-hybridized carbons (Fsp3) is 0.500. The number of halogens is 3. The second-order valence-electron chi connectivity index (χ2n) is 12.9. The van der Waals surface area contributed by atoms with Crippen molar-refractivity contribution in [2.45, 2.75) is 61.4 Å². The van der Waals surface area contributed by atoms with Crippen molar-refractivity contribution in [1.82, 2.24) is 19.5 Å². The molecule has 1 atom stereocenters. The number of alkyl halides is 3. The standard InChI is InChI=1S/C30H38F3N5O4S2/c1-28(2)19-22(43(3,4)5)20-37(28)26-23(27(39)36-44(40,41)21-9-7-6-8-10-21)11-12-24(34-26)38-17-13-25(35-38)42-18-16-29(14-15-29)30(31,32)33/h6-13,17,22H,14-16,18-20H2,1-5H3,(H,36,39)/t22-/m1/s1. The van der Waals surface area contributed by atoms with Crippen molar-refractivity contribution in [3.63, 3.8) is 0 Å². The molecule has 1 amide bonds. The number of carbonyl (C=O) groups is 1. The molecule has 0 unspecified atom stereocenters. The van der Waals surface area contributed by atoms with E-state index in [2.05, 4.69) is 47.3 Å². The van der Waals surface area contributed by atoms with E-state index in [1.165, 1.54) is 22.9 Å². The average molecular weight is 654 g/mol. The van der Waals surface area contributed by atoms with Crippen molar-refractivity contribution in [2.75, 3.05) is 36.8 Å². The number of ether oxygens (including phenoxy) is 1. The number of hydrogen-bond donors (Lipinski definition) is 1. The molecule has 9 nitrogen and oxygen atoms in total. The van der Waals surface area contributed by atoms with E-state index in [0.29, 0.717) is 23.4 Å². The number of amides is 1. The van der Waals surface area contributed by atoms with E-state index in [0.717, 1.165) is 6.42 Å². The Hall–Kier alpha value is -3.26. The van der Waals surface area contributed by atoms with Crippen molar-refractivity contribution >= 4 is 31.8 Å². The van der Waals surface area contributed by atoms with Gasteiger partial charge in [-0.3, -0.25) is 4.79 Å². The number of anilines is 1. The van der Waals surface area contributed by atoms with Gasteiger partial charge in [0.15, 0.2) is 5.82 Å². The molecule has 1 N–H and O–H groups in total. The Kier molecular flexibility index (Phi) is 8.23. The van der Waals surface area contributed by atoms with Crippen LogP contribution in [0.15, 0.2) is 59.6 Å². The summed E-state index contributed by atoms with van der Waals surface area (Å²) in [5.41, 5.74) is -1.96. The number of carbonyl (C=O) groups excluding carboxylic acids is 1. The minimum atomic E-state index is -4.25. The molecule has 2 fully saturated rings. The fourth-order valence-corrected chi connectivity index (χ4v) is 7.99. The minimum Gasteiger partial charge on any atom is -0.477 e. The van der Waals surface area contributed by atoms with Crippen molar-refractivity contribution in [2.24, 2.45) is 5.41 Å². The largest absolute Gasteiger partial charge is 0.477 e. The Morgan fingerprint density at radius 1 is 1.07 bits per heavy atom. The maximum atomic E-state index is 13.6. The molecule has 3 aromatic rings. The van der Waals surface area contributed by atoms with Crippen LogP contribution in [0, 0.1) is 5.41 Å². The topological polar surface area (TPSA) is 106 Å². The third kappa shape index (κ3) is 6.56. The van der Waals surface area contributed by atoms with Gasteiger partial charge in [-0.1, -0.05) is 18.2 Å². The molecule has 1 saturated heterocycles. The summed E-state index contributed by atoms with van der Waals surface area (Å²) in [5, 5.41) is 4.70. The molecule has 3 heterocycles. The quantitative estimate of drug-likeness (QED) is 0.306. The van der Waals surface area contributed by atoms with Gasteiger partial charge < -0.3 is 9.64 Å². The molecular formula is C30H38F3N5O4S2. The number of rotatable bonds is 10. The summed E-state index contributed by atoms with van der Waals surface area (Å²) in [5.74, 6) is 0.000253. The third-order valence-electron chi connectivity index (χ3n) is 8.57. The summed E-state index contributed by atoms with van der Waals surface area (Å²) in [6.07, 6.45) is 5.00. The normalized spacial score (nSPS) is 19.9. The van der Waals surface area contributed by atoms with Gasteiger partial charge in [0.05, 0.1) is 22.5 Å². The molecule has 1 saturated carbocycles. The van der Waals surface area contributed by atoms with Crippen molar-refractivity contribution < 1.29 is 31.1 Å². The van der Waals surface area contributed by atoms with Crippen LogP contribution in [-0.4, -0.2) is 78.0 Å². The highest BCUT2D eigenvalue weighted by atomic mass is 32.3.